The number of aromatic carboxylic acids is 1. The number of fused-ring (bicyclic) bond motifs is 1. The highest BCUT2D eigenvalue weighted by Gasteiger charge is 2.36. The van der Waals surface area contributed by atoms with Gasteiger partial charge in [0.2, 0.25) is 0 Å². The Hall–Kier alpha value is -1.39. The summed E-state index contributed by atoms with van der Waals surface area (Å²) in [7, 11) is 0. The second-order valence-electron chi connectivity index (χ2n) is 5.13. The van der Waals surface area contributed by atoms with E-state index >= 15 is 0 Å². The van der Waals surface area contributed by atoms with E-state index in [-0.39, 0.29) is 5.54 Å². The Morgan fingerprint density at radius 2 is 2.17 bits per heavy atom. The van der Waals surface area contributed by atoms with E-state index in [9.17, 15) is 9.90 Å². The Morgan fingerprint density at radius 1 is 1.44 bits per heavy atom. The zero-order valence-electron chi connectivity index (χ0n) is 10.2. The quantitative estimate of drug-likeness (QED) is 0.888. The van der Waals surface area contributed by atoms with Crippen LogP contribution in [-0.2, 0) is 6.54 Å². The van der Waals surface area contributed by atoms with Gasteiger partial charge in [0.1, 0.15) is 4.88 Å². The second-order valence-corrected chi connectivity index (χ2v) is 6.18. The minimum atomic E-state index is -0.825. The van der Waals surface area contributed by atoms with Crippen LogP contribution in [0.15, 0.2) is 24.3 Å². The minimum absolute atomic E-state index is 0.221. The number of carbonyl (C=O) groups is 1. The molecule has 0 aliphatic heterocycles. The molecule has 0 atom stereocenters. The Labute approximate surface area is 109 Å². The van der Waals surface area contributed by atoms with Crippen LogP contribution in [0.1, 0.15) is 35.0 Å². The highest BCUT2D eigenvalue weighted by Crippen LogP contribution is 2.36. The number of benzene rings is 1. The SMILES string of the molecule is CC1(NCc2c(C(=O)O)sc3ccccc23)CC1. The van der Waals surface area contributed by atoms with Crippen LogP contribution in [0.5, 0.6) is 0 Å². The van der Waals surface area contributed by atoms with Crippen LogP contribution in [0.4, 0.5) is 0 Å². The van der Waals surface area contributed by atoms with Gasteiger partial charge in [0.15, 0.2) is 0 Å². The van der Waals surface area contributed by atoms with Gasteiger partial charge in [0, 0.05) is 16.8 Å². The first-order valence-electron chi connectivity index (χ1n) is 6.08. The third-order valence-electron chi connectivity index (χ3n) is 3.58. The van der Waals surface area contributed by atoms with E-state index in [1.807, 2.05) is 24.3 Å². The lowest BCUT2D eigenvalue weighted by Gasteiger charge is -2.11. The number of thiophene rings is 1. The molecule has 0 spiro atoms. The largest absolute Gasteiger partial charge is 0.477 e. The van der Waals surface area contributed by atoms with Crippen LogP contribution in [-0.4, -0.2) is 16.6 Å². The minimum Gasteiger partial charge on any atom is -0.477 e. The molecule has 1 aliphatic rings. The van der Waals surface area contributed by atoms with Crippen molar-refractivity contribution >= 4 is 27.4 Å². The number of carboxylic acids is 1. The fraction of sp³-hybridized carbons (Fsp3) is 0.357. The van der Waals surface area contributed by atoms with Crippen molar-refractivity contribution in [2.75, 3.05) is 0 Å². The van der Waals surface area contributed by atoms with Crippen molar-refractivity contribution in [2.24, 2.45) is 0 Å². The lowest BCUT2D eigenvalue weighted by Crippen LogP contribution is -2.27. The zero-order valence-corrected chi connectivity index (χ0v) is 11.0. The lowest BCUT2D eigenvalue weighted by atomic mass is 10.1. The van der Waals surface area contributed by atoms with Gasteiger partial charge in [-0.05, 0) is 36.8 Å². The van der Waals surface area contributed by atoms with Crippen molar-refractivity contribution in [3.8, 4) is 0 Å². The predicted molar refractivity (Wildman–Crippen MR) is 73.3 cm³/mol. The van der Waals surface area contributed by atoms with Crippen molar-refractivity contribution < 1.29 is 9.90 Å². The first-order chi connectivity index (χ1) is 8.59. The predicted octanol–water partition coefficient (Wildman–Crippen LogP) is 3.24. The van der Waals surface area contributed by atoms with E-state index in [0.29, 0.717) is 11.4 Å². The molecule has 0 bridgehead atoms. The Balaban J connectivity index is 2.00. The summed E-state index contributed by atoms with van der Waals surface area (Å²) in [6.07, 6.45) is 2.36. The van der Waals surface area contributed by atoms with Gasteiger partial charge < -0.3 is 10.4 Å². The van der Waals surface area contributed by atoms with Gasteiger partial charge in [-0.15, -0.1) is 11.3 Å². The van der Waals surface area contributed by atoms with Gasteiger partial charge in [-0.2, -0.15) is 0 Å². The van der Waals surface area contributed by atoms with Gasteiger partial charge in [0.05, 0.1) is 0 Å². The Kier molecular flexibility index (Phi) is 2.64. The molecular formula is C14H15NO2S. The third kappa shape index (κ3) is 2.02. The van der Waals surface area contributed by atoms with Crippen LogP contribution >= 0.6 is 11.3 Å². The van der Waals surface area contributed by atoms with E-state index in [1.165, 1.54) is 24.2 Å². The monoisotopic (exact) mass is 261 g/mol. The summed E-state index contributed by atoms with van der Waals surface area (Å²) < 4.78 is 1.05. The molecule has 4 heteroatoms. The summed E-state index contributed by atoms with van der Waals surface area (Å²) in [5, 5.41) is 13.8. The molecule has 2 N–H and O–H groups in total. The van der Waals surface area contributed by atoms with E-state index < -0.39 is 5.97 Å². The molecule has 2 aromatic rings. The molecule has 0 radical (unpaired) electrons. The number of hydrogen-bond donors (Lipinski definition) is 2. The Bertz CT molecular complexity index is 613. The van der Waals surface area contributed by atoms with Crippen molar-refractivity contribution in [1.82, 2.24) is 5.32 Å². The molecule has 1 aromatic carbocycles. The topological polar surface area (TPSA) is 49.3 Å². The maximum atomic E-state index is 11.3. The van der Waals surface area contributed by atoms with E-state index in [1.54, 1.807) is 0 Å². The smallest absolute Gasteiger partial charge is 0.346 e. The van der Waals surface area contributed by atoms with Crippen molar-refractivity contribution in [3.63, 3.8) is 0 Å². The Morgan fingerprint density at radius 3 is 2.83 bits per heavy atom. The molecule has 1 saturated carbocycles. The molecule has 3 rings (SSSR count). The van der Waals surface area contributed by atoms with Crippen molar-refractivity contribution in [2.45, 2.75) is 31.8 Å². The van der Waals surface area contributed by atoms with E-state index in [4.69, 9.17) is 0 Å². The molecule has 0 amide bonds. The van der Waals surface area contributed by atoms with Gasteiger partial charge in [-0.1, -0.05) is 18.2 Å². The number of hydrogen-bond acceptors (Lipinski definition) is 3. The third-order valence-corrected chi connectivity index (χ3v) is 4.79. The maximum Gasteiger partial charge on any atom is 0.346 e. The normalized spacial score (nSPS) is 16.9. The van der Waals surface area contributed by atoms with Crippen LogP contribution in [0.25, 0.3) is 10.1 Å². The van der Waals surface area contributed by atoms with Gasteiger partial charge in [0.25, 0.3) is 0 Å². The zero-order chi connectivity index (χ0) is 12.8. The van der Waals surface area contributed by atoms with E-state index in [0.717, 1.165) is 15.6 Å². The van der Waals surface area contributed by atoms with Crippen LogP contribution < -0.4 is 5.32 Å². The summed E-state index contributed by atoms with van der Waals surface area (Å²) in [4.78, 5) is 11.8. The number of carboxylic acid groups (broad SMARTS) is 1. The molecule has 3 nitrogen and oxygen atoms in total. The van der Waals surface area contributed by atoms with Gasteiger partial charge >= 0.3 is 5.97 Å². The average Bonchev–Trinajstić information content (AvgIpc) is 2.96. The fourth-order valence-electron chi connectivity index (χ4n) is 2.11. The number of nitrogens with one attached hydrogen (secondary N) is 1. The summed E-state index contributed by atoms with van der Waals surface area (Å²) >= 11 is 1.36. The number of rotatable bonds is 4. The molecule has 1 aromatic heterocycles. The van der Waals surface area contributed by atoms with Gasteiger partial charge in [-0.3, -0.25) is 0 Å². The summed E-state index contributed by atoms with van der Waals surface area (Å²) in [6.45, 7) is 2.82. The average molecular weight is 261 g/mol. The molecule has 18 heavy (non-hydrogen) atoms. The van der Waals surface area contributed by atoms with Crippen molar-refractivity contribution in [1.29, 1.82) is 0 Å². The summed E-state index contributed by atoms with van der Waals surface area (Å²) in [5.41, 5.74) is 1.15. The molecular weight excluding hydrogens is 246 g/mol. The van der Waals surface area contributed by atoms with Crippen LogP contribution in [0.3, 0.4) is 0 Å². The molecule has 1 heterocycles. The van der Waals surface area contributed by atoms with Crippen LogP contribution in [0, 0.1) is 0 Å². The lowest BCUT2D eigenvalue weighted by molar-refractivity contribution is 0.0701. The first-order valence-corrected chi connectivity index (χ1v) is 6.89. The van der Waals surface area contributed by atoms with Crippen LogP contribution in [0.2, 0.25) is 0 Å². The van der Waals surface area contributed by atoms with Crippen molar-refractivity contribution in [3.05, 3.63) is 34.7 Å². The molecule has 1 aliphatic carbocycles. The second kappa shape index (κ2) is 4.07. The fourth-order valence-corrected chi connectivity index (χ4v) is 3.17. The molecule has 94 valence electrons. The first kappa shape index (κ1) is 11.7. The van der Waals surface area contributed by atoms with E-state index in [2.05, 4.69) is 12.2 Å². The summed E-state index contributed by atoms with van der Waals surface area (Å²) in [6, 6.07) is 7.90. The molecule has 0 saturated heterocycles. The summed E-state index contributed by atoms with van der Waals surface area (Å²) in [5.74, 6) is -0.825. The maximum absolute atomic E-state index is 11.3. The highest BCUT2D eigenvalue weighted by atomic mass is 32.1. The van der Waals surface area contributed by atoms with Gasteiger partial charge in [-0.25, -0.2) is 4.79 Å². The standard InChI is InChI=1S/C14H15NO2S/c1-14(6-7-14)15-8-10-9-4-2-3-5-11(9)18-12(10)13(16)17/h2-5,15H,6-8H2,1H3,(H,16,17). The molecule has 1 fully saturated rings. The molecule has 0 unspecified atom stereocenters. The highest BCUT2D eigenvalue weighted by molar-refractivity contribution is 7.21.